The summed E-state index contributed by atoms with van der Waals surface area (Å²) in [7, 11) is 2.63. The number of amides is 1. The molecule has 0 aliphatic rings. The van der Waals surface area contributed by atoms with E-state index in [2.05, 4.69) is 10.1 Å². The number of carbonyl (C=O) groups is 3. The summed E-state index contributed by atoms with van der Waals surface area (Å²) in [6.07, 6.45) is 1.34. The normalized spacial score (nSPS) is 10.7. The summed E-state index contributed by atoms with van der Waals surface area (Å²) in [6, 6.07) is 14.1. The summed E-state index contributed by atoms with van der Waals surface area (Å²) in [5.41, 5.74) is 0.733. The number of anilines is 1. The lowest BCUT2D eigenvalue weighted by Crippen LogP contribution is -2.15. The fraction of sp³-hybridized carbons (Fsp3) is 0.0833. The van der Waals surface area contributed by atoms with Gasteiger partial charge in [-0.05, 0) is 59.5 Å². The molecule has 8 nitrogen and oxygen atoms in total. The summed E-state index contributed by atoms with van der Waals surface area (Å²) >= 11 is 6.96. The summed E-state index contributed by atoms with van der Waals surface area (Å²) in [5.74, 6) is -1.53. The first kappa shape index (κ1) is 24.5. The van der Waals surface area contributed by atoms with Gasteiger partial charge in [-0.15, -0.1) is 11.3 Å². The number of rotatable bonds is 7. The van der Waals surface area contributed by atoms with Gasteiger partial charge in [0.25, 0.3) is 5.91 Å². The van der Waals surface area contributed by atoms with E-state index in [1.807, 2.05) is 6.07 Å². The number of nitrogens with zero attached hydrogens (tertiary/aromatic N) is 1. The third kappa shape index (κ3) is 5.81. The molecule has 3 aromatic rings. The minimum absolute atomic E-state index is 0.156. The summed E-state index contributed by atoms with van der Waals surface area (Å²) in [6.45, 7) is 0. The van der Waals surface area contributed by atoms with Crippen molar-refractivity contribution in [3.05, 3.63) is 81.2 Å². The third-order valence-corrected chi connectivity index (χ3v) is 5.53. The van der Waals surface area contributed by atoms with Crippen LogP contribution >= 0.6 is 22.9 Å². The predicted molar refractivity (Wildman–Crippen MR) is 127 cm³/mol. The van der Waals surface area contributed by atoms with Crippen LogP contribution in [0.3, 0.4) is 0 Å². The van der Waals surface area contributed by atoms with Gasteiger partial charge in [-0.3, -0.25) is 4.79 Å². The second kappa shape index (κ2) is 11.1. The molecular formula is C24H17ClN2O6S. The molecule has 1 heterocycles. The van der Waals surface area contributed by atoms with Gasteiger partial charge in [0, 0.05) is 5.02 Å². The molecule has 0 fully saturated rings. The van der Waals surface area contributed by atoms with Gasteiger partial charge in [-0.2, -0.15) is 5.26 Å². The number of carbonyl (C=O) groups excluding carboxylic acids is 3. The Kier molecular flexibility index (Phi) is 8.03. The Hall–Kier alpha value is -4.13. The van der Waals surface area contributed by atoms with Gasteiger partial charge in [0.2, 0.25) is 0 Å². The SMILES string of the molecule is COC(=O)c1ccsc1NC(=O)/C(C#N)=C/c1ccc(OC(=O)c2ccc(Cl)cc2)c(OC)c1. The van der Waals surface area contributed by atoms with Crippen LogP contribution in [-0.2, 0) is 9.53 Å². The molecule has 1 N–H and O–H groups in total. The quantitative estimate of drug-likeness (QED) is 0.213. The number of nitriles is 1. The largest absolute Gasteiger partial charge is 0.493 e. The highest BCUT2D eigenvalue weighted by atomic mass is 35.5. The van der Waals surface area contributed by atoms with Gasteiger partial charge < -0.3 is 19.5 Å². The van der Waals surface area contributed by atoms with Gasteiger partial charge in [0.05, 0.1) is 25.3 Å². The minimum Gasteiger partial charge on any atom is -0.493 e. The van der Waals surface area contributed by atoms with E-state index >= 15 is 0 Å². The van der Waals surface area contributed by atoms with Gasteiger partial charge >= 0.3 is 11.9 Å². The molecule has 10 heteroatoms. The van der Waals surface area contributed by atoms with Crippen molar-refractivity contribution in [2.45, 2.75) is 0 Å². The van der Waals surface area contributed by atoms with Crippen LogP contribution < -0.4 is 14.8 Å². The number of methoxy groups -OCH3 is 2. The number of hydrogen-bond acceptors (Lipinski definition) is 8. The number of esters is 2. The molecule has 1 aromatic heterocycles. The number of hydrogen-bond donors (Lipinski definition) is 1. The highest BCUT2D eigenvalue weighted by molar-refractivity contribution is 7.14. The lowest BCUT2D eigenvalue weighted by Gasteiger charge is -2.10. The van der Waals surface area contributed by atoms with Crippen LogP contribution in [-0.4, -0.2) is 32.1 Å². The standard InChI is InChI=1S/C24H17ClN2O6S/c1-31-20-12-14(3-8-19(20)33-23(29)15-4-6-17(25)7-5-15)11-16(13-26)21(28)27-22-18(9-10-34-22)24(30)32-2/h3-12H,1-2H3,(H,27,28)/b16-11+. The fourth-order valence-electron chi connectivity index (χ4n) is 2.77. The van der Waals surface area contributed by atoms with E-state index in [0.717, 1.165) is 11.3 Å². The molecule has 1 amide bonds. The van der Waals surface area contributed by atoms with E-state index in [4.69, 9.17) is 21.1 Å². The van der Waals surface area contributed by atoms with Crippen LogP contribution in [0.4, 0.5) is 5.00 Å². The van der Waals surface area contributed by atoms with Crippen LogP contribution in [0, 0.1) is 11.3 Å². The molecule has 0 aliphatic heterocycles. The predicted octanol–water partition coefficient (Wildman–Crippen LogP) is 4.96. The molecule has 0 saturated carbocycles. The topological polar surface area (TPSA) is 115 Å². The van der Waals surface area contributed by atoms with Gasteiger partial charge in [-0.1, -0.05) is 17.7 Å². The van der Waals surface area contributed by atoms with E-state index in [1.165, 1.54) is 50.6 Å². The smallest absolute Gasteiger partial charge is 0.343 e. The number of nitrogens with one attached hydrogen (secondary N) is 1. The number of thiophene rings is 1. The Morgan fingerprint density at radius 2 is 1.76 bits per heavy atom. The molecule has 34 heavy (non-hydrogen) atoms. The van der Waals surface area contributed by atoms with E-state index in [-0.39, 0.29) is 27.6 Å². The molecule has 0 atom stereocenters. The summed E-state index contributed by atoms with van der Waals surface area (Å²) in [5, 5.41) is 14.4. The minimum atomic E-state index is -0.702. The van der Waals surface area contributed by atoms with Crippen LogP contribution in [0.5, 0.6) is 11.5 Å². The molecule has 0 radical (unpaired) electrons. The molecule has 172 valence electrons. The maximum Gasteiger partial charge on any atom is 0.343 e. The van der Waals surface area contributed by atoms with Crippen molar-refractivity contribution in [3.8, 4) is 17.6 Å². The van der Waals surface area contributed by atoms with Crippen molar-refractivity contribution in [2.75, 3.05) is 19.5 Å². The molecule has 0 spiro atoms. The zero-order valence-electron chi connectivity index (χ0n) is 18.0. The molecule has 0 unspecified atom stereocenters. The van der Waals surface area contributed by atoms with Crippen molar-refractivity contribution in [1.29, 1.82) is 5.26 Å². The van der Waals surface area contributed by atoms with Crippen LogP contribution in [0.15, 0.2) is 59.5 Å². The molecule has 2 aromatic carbocycles. The monoisotopic (exact) mass is 496 g/mol. The maximum absolute atomic E-state index is 12.6. The number of benzene rings is 2. The highest BCUT2D eigenvalue weighted by Crippen LogP contribution is 2.30. The van der Waals surface area contributed by atoms with Gasteiger partial charge in [-0.25, -0.2) is 9.59 Å². The van der Waals surface area contributed by atoms with E-state index in [9.17, 15) is 19.6 Å². The summed E-state index contributed by atoms with van der Waals surface area (Å²) < 4.78 is 15.4. The maximum atomic E-state index is 12.6. The van der Waals surface area contributed by atoms with Crippen molar-refractivity contribution in [1.82, 2.24) is 0 Å². The molecule has 3 rings (SSSR count). The van der Waals surface area contributed by atoms with Crippen molar-refractivity contribution in [2.24, 2.45) is 0 Å². The van der Waals surface area contributed by atoms with E-state index in [1.54, 1.807) is 23.6 Å². The van der Waals surface area contributed by atoms with E-state index < -0.39 is 17.8 Å². The second-order valence-electron chi connectivity index (χ2n) is 6.59. The van der Waals surface area contributed by atoms with Gasteiger partial charge in [0.15, 0.2) is 11.5 Å². The average Bonchev–Trinajstić information content (AvgIpc) is 3.31. The van der Waals surface area contributed by atoms with E-state index in [0.29, 0.717) is 16.1 Å². The Bertz CT molecular complexity index is 1310. The zero-order valence-corrected chi connectivity index (χ0v) is 19.5. The van der Waals surface area contributed by atoms with Crippen molar-refractivity contribution < 1.29 is 28.6 Å². The first-order valence-electron chi connectivity index (χ1n) is 9.61. The van der Waals surface area contributed by atoms with Crippen LogP contribution in [0.25, 0.3) is 6.08 Å². The van der Waals surface area contributed by atoms with Crippen molar-refractivity contribution >= 4 is 51.9 Å². The lowest BCUT2D eigenvalue weighted by molar-refractivity contribution is -0.112. The lowest BCUT2D eigenvalue weighted by atomic mass is 10.1. The number of halogens is 1. The number of ether oxygens (including phenoxy) is 3. The van der Waals surface area contributed by atoms with Gasteiger partial charge in [0.1, 0.15) is 16.6 Å². The third-order valence-electron chi connectivity index (χ3n) is 4.44. The molecule has 0 bridgehead atoms. The fourth-order valence-corrected chi connectivity index (χ4v) is 3.66. The average molecular weight is 497 g/mol. The second-order valence-corrected chi connectivity index (χ2v) is 7.94. The van der Waals surface area contributed by atoms with Crippen molar-refractivity contribution in [3.63, 3.8) is 0 Å². The van der Waals surface area contributed by atoms with Crippen LogP contribution in [0.2, 0.25) is 5.02 Å². The molecule has 0 saturated heterocycles. The Labute approximate surface area is 203 Å². The zero-order chi connectivity index (χ0) is 24.7. The highest BCUT2D eigenvalue weighted by Gasteiger charge is 2.18. The molecule has 0 aliphatic carbocycles. The molecular weight excluding hydrogens is 480 g/mol. The first-order valence-corrected chi connectivity index (χ1v) is 10.9. The Morgan fingerprint density at radius 3 is 2.41 bits per heavy atom. The Balaban J connectivity index is 1.80. The first-order chi connectivity index (χ1) is 16.4. The Morgan fingerprint density at radius 1 is 1.03 bits per heavy atom. The summed E-state index contributed by atoms with van der Waals surface area (Å²) in [4.78, 5) is 36.8. The van der Waals surface area contributed by atoms with Crippen LogP contribution in [0.1, 0.15) is 26.3 Å².